The number of carbonyl (C=O) groups excluding carboxylic acids is 1. The SMILES string of the molecule is Cc1ncc(CN(C)C(=O)CCc2cccc(OC(C)(C)C)n2)s1. The quantitative estimate of drug-likeness (QED) is 0.801. The molecule has 0 radical (unpaired) electrons. The average Bonchev–Trinajstić information content (AvgIpc) is 2.88. The van der Waals surface area contributed by atoms with Crippen molar-refractivity contribution in [1.82, 2.24) is 14.9 Å². The van der Waals surface area contributed by atoms with Crippen molar-refractivity contribution in [3.63, 3.8) is 0 Å². The first kappa shape index (κ1) is 18.4. The Bertz CT molecular complexity index is 692. The first-order chi connectivity index (χ1) is 11.2. The van der Waals surface area contributed by atoms with E-state index in [2.05, 4.69) is 9.97 Å². The van der Waals surface area contributed by atoms with Crippen molar-refractivity contribution in [3.8, 4) is 5.88 Å². The second-order valence-electron chi connectivity index (χ2n) is 6.78. The molecule has 0 fully saturated rings. The summed E-state index contributed by atoms with van der Waals surface area (Å²) < 4.78 is 5.77. The Labute approximate surface area is 147 Å². The molecule has 24 heavy (non-hydrogen) atoms. The van der Waals surface area contributed by atoms with Crippen molar-refractivity contribution in [3.05, 3.63) is 40.0 Å². The molecular weight excluding hydrogens is 322 g/mol. The summed E-state index contributed by atoms with van der Waals surface area (Å²) in [4.78, 5) is 23.8. The van der Waals surface area contributed by atoms with E-state index < -0.39 is 0 Å². The zero-order valence-electron chi connectivity index (χ0n) is 15.0. The lowest BCUT2D eigenvalue weighted by molar-refractivity contribution is -0.130. The number of hydrogen-bond acceptors (Lipinski definition) is 5. The highest BCUT2D eigenvalue weighted by molar-refractivity contribution is 7.11. The van der Waals surface area contributed by atoms with E-state index >= 15 is 0 Å². The molecular formula is C18H25N3O2S. The van der Waals surface area contributed by atoms with Crippen molar-refractivity contribution in [2.45, 2.75) is 52.7 Å². The summed E-state index contributed by atoms with van der Waals surface area (Å²) in [5, 5.41) is 1.02. The summed E-state index contributed by atoms with van der Waals surface area (Å²) >= 11 is 1.62. The van der Waals surface area contributed by atoms with Crippen molar-refractivity contribution in [1.29, 1.82) is 0 Å². The normalized spacial score (nSPS) is 11.4. The summed E-state index contributed by atoms with van der Waals surface area (Å²) in [6.07, 6.45) is 2.87. The van der Waals surface area contributed by atoms with Gasteiger partial charge in [-0.05, 0) is 40.2 Å². The molecule has 2 rings (SSSR count). The van der Waals surface area contributed by atoms with Gasteiger partial charge in [-0.2, -0.15) is 0 Å². The standard InChI is InChI=1S/C18H25N3O2S/c1-13-19-11-15(24-13)12-21(5)17(22)10-9-14-7-6-8-16(20-14)23-18(2,3)4/h6-8,11H,9-10,12H2,1-5H3. The molecule has 0 atom stereocenters. The maximum atomic E-state index is 12.3. The topological polar surface area (TPSA) is 55.3 Å². The van der Waals surface area contributed by atoms with Crippen LogP contribution in [0, 0.1) is 6.92 Å². The summed E-state index contributed by atoms with van der Waals surface area (Å²) in [6, 6.07) is 5.68. The molecule has 0 unspecified atom stereocenters. The van der Waals surface area contributed by atoms with Gasteiger partial charge in [-0.25, -0.2) is 9.97 Å². The van der Waals surface area contributed by atoms with Crippen molar-refractivity contribution in [2.24, 2.45) is 0 Å². The van der Waals surface area contributed by atoms with E-state index in [1.165, 1.54) is 0 Å². The van der Waals surface area contributed by atoms with Crippen LogP contribution in [0.15, 0.2) is 24.4 Å². The number of ether oxygens (including phenoxy) is 1. The first-order valence-electron chi connectivity index (χ1n) is 8.03. The monoisotopic (exact) mass is 347 g/mol. The number of nitrogens with zero attached hydrogens (tertiary/aromatic N) is 3. The van der Waals surface area contributed by atoms with E-state index in [9.17, 15) is 4.79 Å². The van der Waals surface area contributed by atoms with Crippen LogP contribution in [-0.4, -0.2) is 33.4 Å². The second kappa shape index (κ2) is 7.75. The van der Waals surface area contributed by atoms with Gasteiger partial charge >= 0.3 is 0 Å². The van der Waals surface area contributed by atoms with Crippen LogP contribution in [0.4, 0.5) is 0 Å². The van der Waals surface area contributed by atoms with E-state index in [4.69, 9.17) is 4.74 Å². The van der Waals surface area contributed by atoms with Crippen LogP contribution in [-0.2, 0) is 17.8 Å². The van der Waals surface area contributed by atoms with Crippen LogP contribution in [0.2, 0.25) is 0 Å². The minimum absolute atomic E-state index is 0.102. The van der Waals surface area contributed by atoms with Gasteiger partial charge in [-0.1, -0.05) is 6.07 Å². The van der Waals surface area contributed by atoms with Gasteiger partial charge in [0.25, 0.3) is 0 Å². The molecule has 0 aliphatic heterocycles. The summed E-state index contributed by atoms with van der Waals surface area (Å²) in [5.41, 5.74) is 0.585. The summed E-state index contributed by atoms with van der Waals surface area (Å²) in [5.74, 6) is 0.700. The molecule has 2 aromatic heterocycles. The van der Waals surface area contributed by atoms with Crippen molar-refractivity contribution in [2.75, 3.05) is 7.05 Å². The minimum Gasteiger partial charge on any atom is -0.472 e. The number of rotatable bonds is 6. The van der Waals surface area contributed by atoms with E-state index in [1.807, 2.05) is 59.1 Å². The highest BCUT2D eigenvalue weighted by Crippen LogP contribution is 2.17. The van der Waals surface area contributed by atoms with Crippen molar-refractivity contribution < 1.29 is 9.53 Å². The Kier molecular flexibility index (Phi) is 5.94. The number of aromatic nitrogens is 2. The predicted molar refractivity (Wildman–Crippen MR) is 96.3 cm³/mol. The Hall–Kier alpha value is -1.95. The molecule has 6 heteroatoms. The van der Waals surface area contributed by atoms with Crippen LogP contribution < -0.4 is 4.74 Å². The predicted octanol–water partition coefficient (Wildman–Crippen LogP) is 3.62. The van der Waals surface area contributed by atoms with E-state index in [0.29, 0.717) is 25.3 Å². The fraction of sp³-hybridized carbons (Fsp3) is 0.500. The molecule has 0 saturated heterocycles. The maximum Gasteiger partial charge on any atom is 0.223 e. The van der Waals surface area contributed by atoms with Crippen LogP contribution >= 0.6 is 11.3 Å². The molecule has 0 bridgehead atoms. The molecule has 0 aromatic carbocycles. The number of amides is 1. The third-order valence-corrected chi connectivity index (χ3v) is 4.17. The number of carbonyl (C=O) groups is 1. The van der Waals surface area contributed by atoms with Crippen LogP contribution in [0.5, 0.6) is 5.88 Å². The Morgan fingerprint density at radius 1 is 1.33 bits per heavy atom. The van der Waals surface area contributed by atoms with Crippen LogP contribution in [0.25, 0.3) is 0 Å². The van der Waals surface area contributed by atoms with Gasteiger partial charge < -0.3 is 9.64 Å². The number of hydrogen-bond donors (Lipinski definition) is 0. The van der Waals surface area contributed by atoms with Gasteiger partial charge in [0.2, 0.25) is 11.8 Å². The summed E-state index contributed by atoms with van der Waals surface area (Å²) in [7, 11) is 1.82. The lowest BCUT2D eigenvalue weighted by Gasteiger charge is -2.20. The van der Waals surface area contributed by atoms with Gasteiger partial charge in [-0.15, -0.1) is 11.3 Å². The molecule has 2 heterocycles. The van der Waals surface area contributed by atoms with Gasteiger partial charge in [0.05, 0.1) is 11.6 Å². The largest absolute Gasteiger partial charge is 0.472 e. The Balaban J connectivity index is 1.88. The lowest BCUT2D eigenvalue weighted by Crippen LogP contribution is -2.26. The fourth-order valence-corrected chi connectivity index (χ4v) is 3.04. The number of pyridine rings is 1. The third-order valence-electron chi connectivity index (χ3n) is 3.27. The zero-order chi connectivity index (χ0) is 17.7. The van der Waals surface area contributed by atoms with E-state index in [1.54, 1.807) is 16.2 Å². The molecule has 0 N–H and O–H groups in total. The summed E-state index contributed by atoms with van der Waals surface area (Å²) in [6.45, 7) is 8.53. The zero-order valence-corrected chi connectivity index (χ0v) is 15.8. The maximum absolute atomic E-state index is 12.3. The molecule has 130 valence electrons. The van der Waals surface area contributed by atoms with Crippen molar-refractivity contribution >= 4 is 17.2 Å². The molecule has 0 spiro atoms. The van der Waals surface area contributed by atoms with Gasteiger partial charge in [0.15, 0.2) is 0 Å². The van der Waals surface area contributed by atoms with Gasteiger partial charge in [-0.3, -0.25) is 4.79 Å². The molecule has 0 aliphatic carbocycles. The van der Waals surface area contributed by atoms with E-state index in [0.717, 1.165) is 15.6 Å². The van der Waals surface area contributed by atoms with Crippen LogP contribution in [0.3, 0.4) is 0 Å². The van der Waals surface area contributed by atoms with E-state index in [-0.39, 0.29) is 11.5 Å². The number of aryl methyl sites for hydroxylation is 2. The van der Waals surface area contributed by atoms with Gasteiger partial charge in [0, 0.05) is 36.3 Å². The Morgan fingerprint density at radius 3 is 2.71 bits per heavy atom. The first-order valence-corrected chi connectivity index (χ1v) is 8.85. The molecule has 1 amide bonds. The fourth-order valence-electron chi connectivity index (χ4n) is 2.19. The third kappa shape index (κ3) is 5.92. The second-order valence-corrected chi connectivity index (χ2v) is 8.10. The molecule has 0 saturated carbocycles. The number of thiazole rings is 1. The van der Waals surface area contributed by atoms with Gasteiger partial charge in [0.1, 0.15) is 5.60 Å². The molecule has 2 aromatic rings. The smallest absolute Gasteiger partial charge is 0.223 e. The minimum atomic E-state index is -0.283. The average molecular weight is 347 g/mol. The molecule has 0 aliphatic rings. The molecule has 5 nitrogen and oxygen atoms in total. The van der Waals surface area contributed by atoms with Crippen LogP contribution in [0.1, 0.15) is 42.8 Å². The highest BCUT2D eigenvalue weighted by atomic mass is 32.1. The Morgan fingerprint density at radius 2 is 2.08 bits per heavy atom. The highest BCUT2D eigenvalue weighted by Gasteiger charge is 2.14. The lowest BCUT2D eigenvalue weighted by atomic mass is 10.2.